The van der Waals surface area contributed by atoms with Crippen LogP contribution in [0.4, 0.5) is 26.3 Å². The van der Waals surface area contributed by atoms with Crippen molar-refractivity contribution >= 4 is 46.3 Å². The number of thioether (sulfide) groups is 1. The first-order valence-corrected chi connectivity index (χ1v) is 11.0. The average molecular weight is 535 g/mol. The van der Waals surface area contributed by atoms with E-state index in [1.807, 2.05) is 0 Å². The molecule has 6 nitrogen and oxygen atoms in total. The molecule has 1 aromatic carbocycles. The number of hydrazine groups is 1. The molecule has 2 heterocycles. The smallest absolute Gasteiger partial charge is 0.416 e. The average Bonchev–Trinajstić information content (AvgIpc) is 3.02. The predicted octanol–water partition coefficient (Wildman–Crippen LogP) is 5.36. The Kier molecular flexibility index (Phi) is 7.87. The second-order valence-corrected chi connectivity index (χ2v) is 8.84. The number of carboxylic acids is 1. The summed E-state index contributed by atoms with van der Waals surface area (Å²) in [7, 11) is 0. The van der Waals surface area contributed by atoms with Crippen LogP contribution in [-0.2, 0) is 21.9 Å². The predicted molar refractivity (Wildman–Crippen MR) is 120 cm³/mol. The van der Waals surface area contributed by atoms with Gasteiger partial charge in [0.15, 0.2) is 4.32 Å². The zero-order chi connectivity index (χ0) is 26.0. The standard InChI is InChI=1S/C21H15F6N3O3S2/c22-20(23,24)12-7-11(8-13(9-12)21(25,26)27)15-4-1-3-14(29-15)10-16-18(33)30(19(34)35-16)28-6-2-5-17(31)32/h1,3-4,7-10,28H,2,5-6H2,(H,31,32)/b16-10-. The summed E-state index contributed by atoms with van der Waals surface area (Å²) in [6.07, 6.45) is -8.57. The van der Waals surface area contributed by atoms with E-state index in [4.69, 9.17) is 17.3 Å². The molecule has 14 heteroatoms. The molecule has 1 fully saturated rings. The minimum atomic E-state index is -5.00. The van der Waals surface area contributed by atoms with Gasteiger partial charge in [0.2, 0.25) is 0 Å². The van der Waals surface area contributed by atoms with Crippen molar-refractivity contribution < 1.29 is 41.0 Å². The Morgan fingerprint density at radius 2 is 1.74 bits per heavy atom. The molecule has 1 aliphatic rings. The number of carbonyl (C=O) groups excluding carboxylic acids is 1. The van der Waals surface area contributed by atoms with Crippen LogP contribution >= 0.6 is 24.0 Å². The van der Waals surface area contributed by atoms with E-state index in [1.54, 1.807) is 0 Å². The first kappa shape index (κ1) is 26.6. The number of carbonyl (C=O) groups is 2. The van der Waals surface area contributed by atoms with Gasteiger partial charge in [0, 0.05) is 18.5 Å². The van der Waals surface area contributed by atoms with E-state index in [-0.39, 0.29) is 46.1 Å². The van der Waals surface area contributed by atoms with E-state index in [0.29, 0.717) is 12.1 Å². The topological polar surface area (TPSA) is 82.5 Å². The summed E-state index contributed by atoms with van der Waals surface area (Å²) >= 11 is 6.03. The van der Waals surface area contributed by atoms with Gasteiger partial charge in [-0.2, -0.15) is 26.3 Å². The van der Waals surface area contributed by atoms with Gasteiger partial charge in [-0.3, -0.25) is 9.59 Å². The van der Waals surface area contributed by atoms with E-state index in [9.17, 15) is 35.9 Å². The third-order valence-electron chi connectivity index (χ3n) is 4.56. The summed E-state index contributed by atoms with van der Waals surface area (Å²) in [5.74, 6) is -1.55. The third kappa shape index (κ3) is 6.80. The zero-order valence-electron chi connectivity index (χ0n) is 17.4. The van der Waals surface area contributed by atoms with Crippen LogP contribution in [0.2, 0.25) is 0 Å². The first-order chi connectivity index (χ1) is 16.3. The van der Waals surface area contributed by atoms with E-state index in [1.165, 1.54) is 24.3 Å². The first-order valence-electron chi connectivity index (χ1n) is 9.76. The largest absolute Gasteiger partial charge is 0.481 e. The molecule has 3 rings (SSSR count). The van der Waals surface area contributed by atoms with E-state index in [0.717, 1.165) is 16.8 Å². The molecule has 1 amide bonds. The number of nitrogens with one attached hydrogen (secondary N) is 1. The number of benzene rings is 1. The fourth-order valence-electron chi connectivity index (χ4n) is 2.96. The Balaban J connectivity index is 1.88. The second-order valence-electron chi connectivity index (χ2n) is 7.16. The Morgan fingerprint density at radius 1 is 1.11 bits per heavy atom. The molecular weight excluding hydrogens is 520 g/mol. The lowest BCUT2D eigenvalue weighted by Crippen LogP contribution is -2.41. The lowest BCUT2D eigenvalue weighted by molar-refractivity contribution is -0.143. The van der Waals surface area contributed by atoms with Crippen molar-refractivity contribution in [3.63, 3.8) is 0 Å². The third-order valence-corrected chi connectivity index (χ3v) is 5.87. The highest BCUT2D eigenvalue weighted by atomic mass is 32.2. The Labute approximate surface area is 204 Å². The van der Waals surface area contributed by atoms with Crippen LogP contribution in [0.15, 0.2) is 41.3 Å². The summed E-state index contributed by atoms with van der Waals surface area (Å²) in [6, 6.07) is 5.23. The second kappa shape index (κ2) is 10.3. The summed E-state index contributed by atoms with van der Waals surface area (Å²) < 4.78 is 79.2. The number of aromatic nitrogens is 1. The monoisotopic (exact) mass is 535 g/mol. The van der Waals surface area contributed by atoms with E-state index in [2.05, 4.69) is 10.4 Å². The molecule has 0 bridgehead atoms. The van der Waals surface area contributed by atoms with Crippen LogP contribution in [0.3, 0.4) is 0 Å². The number of rotatable bonds is 7. The molecule has 1 aliphatic heterocycles. The maximum atomic E-state index is 13.2. The van der Waals surface area contributed by atoms with Gasteiger partial charge < -0.3 is 5.11 Å². The van der Waals surface area contributed by atoms with E-state index < -0.39 is 40.9 Å². The zero-order valence-corrected chi connectivity index (χ0v) is 19.0. The van der Waals surface area contributed by atoms with Gasteiger partial charge in [-0.1, -0.05) is 30.0 Å². The number of amides is 1. The Bertz CT molecular complexity index is 1170. The van der Waals surface area contributed by atoms with Crippen molar-refractivity contribution in [2.45, 2.75) is 25.2 Å². The van der Waals surface area contributed by atoms with Gasteiger partial charge in [-0.15, -0.1) is 0 Å². The number of nitrogens with zero attached hydrogens (tertiary/aromatic N) is 2. The van der Waals surface area contributed by atoms with Crippen LogP contribution < -0.4 is 5.43 Å². The van der Waals surface area contributed by atoms with Gasteiger partial charge >= 0.3 is 18.3 Å². The molecule has 0 aliphatic carbocycles. The van der Waals surface area contributed by atoms with Crippen LogP contribution in [0.5, 0.6) is 0 Å². The molecular formula is C21H15F6N3O3S2. The molecule has 2 aromatic rings. The minimum absolute atomic E-state index is 0.0299. The van der Waals surface area contributed by atoms with Crippen molar-refractivity contribution in [2.75, 3.05) is 6.54 Å². The SMILES string of the molecule is O=C(O)CCCNN1C(=O)/C(=C/c2cccc(-c3cc(C(F)(F)F)cc(C(F)(F)F)c3)n2)SC1=S. The van der Waals surface area contributed by atoms with Crippen molar-refractivity contribution in [3.05, 3.63) is 58.1 Å². The fraction of sp³-hybridized carbons (Fsp3) is 0.238. The van der Waals surface area contributed by atoms with Crippen LogP contribution in [0.1, 0.15) is 29.7 Å². The highest BCUT2D eigenvalue weighted by Crippen LogP contribution is 2.38. The Hall–Kier alpha value is -2.97. The maximum Gasteiger partial charge on any atom is 0.416 e. The van der Waals surface area contributed by atoms with Crippen LogP contribution in [0.25, 0.3) is 17.3 Å². The number of thiocarbonyl (C=S) groups is 1. The maximum absolute atomic E-state index is 13.2. The van der Waals surface area contributed by atoms with Gasteiger partial charge in [0.1, 0.15) is 0 Å². The molecule has 0 unspecified atom stereocenters. The Morgan fingerprint density at radius 3 is 2.31 bits per heavy atom. The minimum Gasteiger partial charge on any atom is -0.481 e. The van der Waals surface area contributed by atoms with Gasteiger partial charge in [0.05, 0.1) is 27.4 Å². The highest BCUT2D eigenvalue weighted by molar-refractivity contribution is 8.26. The fourth-order valence-corrected chi connectivity index (χ4v) is 4.17. The lowest BCUT2D eigenvalue weighted by Gasteiger charge is -2.15. The molecule has 186 valence electrons. The van der Waals surface area contributed by atoms with Gasteiger partial charge in [-0.25, -0.2) is 15.4 Å². The summed E-state index contributed by atoms with van der Waals surface area (Å²) in [5.41, 5.74) is -0.660. The summed E-state index contributed by atoms with van der Waals surface area (Å²) in [5, 5.41) is 9.72. The number of pyridine rings is 1. The molecule has 0 radical (unpaired) electrons. The molecule has 1 saturated heterocycles. The number of carboxylic acid groups (broad SMARTS) is 1. The quantitative estimate of drug-likeness (QED) is 0.214. The van der Waals surface area contributed by atoms with Gasteiger partial charge in [0.25, 0.3) is 5.91 Å². The van der Waals surface area contributed by atoms with Crippen molar-refractivity contribution in [2.24, 2.45) is 0 Å². The summed E-state index contributed by atoms with van der Waals surface area (Å²) in [6.45, 7) is 0.164. The van der Waals surface area contributed by atoms with Gasteiger partial charge in [-0.05, 0) is 42.8 Å². The highest BCUT2D eigenvalue weighted by Gasteiger charge is 2.37. The number of hydrogen-bond acceptors (Lipinski definition) is 6. The molecule has 0 saturated carbocycles. The normalized spacial score (nSPS) is 15.8. The number of alkyl halides is 6. The van der Waals surface area contributed by atoms with Crippen molar-refractivity contribution in [3.8, 4) is 11.3 Å². The van der Waals surface area contributed by atoms with Crippen LogP contribution in [-0.4, -0.2) is 37.8 Å². The molecule has 2 N–H and O–H groups in total. The van der Waals surface area contributed by atoms with Crippen molar-refractivity contribution in [1.29, 1.82) is 0 Å². The summed E-state index contributed by atoms with van der Waals surface area (Å²) in [4.78, 5) is 27.4. The molecule has 0 atom stereocenters. The van der Waals surface area contributed by atoms with E-state index >= 15 is 0 Å². The van der Waals surface area contributed by atoms with Crippen molar-refractivity contribution in [1.82, 2.24) is 15.4 Å². The number of halogens is 6. The molecule has 35 heavy (non-hydrogen) atoms. The number of hydrogen-bond donors (Lipinski definition) is 2. The number of aliphatic carboxylic acids is 1. The lowest BCUT2D eigenvalue weighted by atomic mass is 10.0. The van der Waals surface area contributed by atoms with Crippen LogP contribution in [0, 0.1) is 0 Å². The molecule has 0 spiro atoms. The molecule has 1 aromatic heterocycles.